The van der Waals surface area contributed by atoms with Gasteiger partial charge in [0.1, 0.15) is 0 Å². The van der Waals surface area contributed by atoms with Gasteiger partial charge in [-0.2, -0.15) is 0 Å². The molecule has 0 unspecified atom stereocenters. The number of aromatic amines is 1. The molecule has 0 amide bonds. The van der Waals surface area contributed by atoms with Crippen molar-refractivity contribution in [3.63, 3.8) is 0 Å². The molecule has 3 rings (SSSR count). The van der Waals surface area contributed by atoms with Crippen LogP contribution in [-0.4, -0.2) is 9.97 Å². The van der Waals surface area contributed by atoms with E-state index < -0.39 is 0 Å². The van der Waals surface area contributed by atoms with Crippen LogP contribution in [0.4, 0.5) is 0 Å². The van der Waals surface area contributed by atoms with E-state index in [0.717, 1.165) is 11.4 Å². The van der Waals surface area contributed by atoms with E-state index in [1.165, 1.54) is 49.6 Å². The first-order valence-electron chi connectivity index (χ1n) is 7.54. The van der Waals surface area contributed by atoms with Crippen LogP contribution in [0.25, 0.3) is 21.8 Å². The van der Waals surface area contributed by atoms with Gasteiger partial charge in [0, 0.05) is 16.5 Å². The number of pyridine rings is 1. The summed E-state index contributed by atoms with van der Waals surface area (Å²) in [5.41, 5.74) is 11.5. The monoisotopic (exact) mass is 571 g/mol. The summed E-state index contributed by atoms with van der Waals surface area (Å²) < 4.78 is 0. The van der Waals surface area contributed by atoms with Crippen LogP contribution in [0.15, 0.2) is 0 Å². The van der Waals surface area contributed by atoms with E-state index >= 15 is 0 Å². The first kappa shape index (κ1) is 19.5. The first-order valence-corrected chi connectivity index (χ1v) is 16.5. The Balaban J connectivity index is 0.000000595. The van der Waals surface area contributed by atoms with Gasteiger partial charge in [0.05, 0.1) is 16.7 Å². The van der Waals surface area contributed by atoms with Gasteiger partial charge in [-0.05, 0) is 76.3 Å². The Morgan fingerprint density at radius 3 is 1.70 bits per heavy atom. The third kappa shape index (κ3) is 3.33. The Kier molecular flexibility index (Phi) is 6.48. The van der Waals surface area contributed by atoms with Gasteiger partial charge < -0.3 is 4.98 Å². The van der Waals surface area contributed by atoms with Gasteiger partial charge in [0.25, 0.3) is 0 Å². The number of aromatic nitrogens is 2. The van der Waals surface area contributed by atoms with Crippen molar-refractivity contribution in [2.45, 2.75) is 48.5 Å². The molecule has 123 valence electrons. The van der Waals surface area contributed by atoms with Gasteiger partial charge in [-0.3, -0.25) is 4.98 Å². The summed E-state index contributed by atoms with van der Waals surface area (Å²) in [6, 6.07) is 0. The van der Waals surface area contributed by atoms with E-state index in [0.29, 0.717) is 9.47 Å². The van der Waals surface area contributed by atoms with E-state index in [1.54, 1.807) is 0 Å². The molecule has 0 aliphatic rings. The van der Waals surface area contributed by atoms with Crippen molar-refractivity contribution in [1.82, 2.24) is 9.97 Å². The van der Waals surface area contributed by atoms with Crippen molar-refractivity contribution in [2.24, 2.45) is 0 Å². The summed E-state index contributed by atoms with van der Waals surface area (Å²) in [4.78, 5) is 8.30. The van der Waals surface area contributed by atoms with Gasteiger partial charge in [-0.15, -0.1) is 0 Å². The number of benzene rings is 1. The first-order chi connectivity index (χ1) is 10.8. The second-order valence-electron chi connectivity index (χ2n) is 6.10. The molecule has 0 saturated carbocycles. The van der Waals surface area contributed by atoms with Crippen molar-refractivity contribution < 1.29 is 9.47 Å². The number of hydrogen-bond acceptors (Lipinski definition) is 1. The number of nitrogens with zero attached hydrogens (tertiary/aromatic N) is 1. The zero-order valence-corrected chi connectivity index (χ0v) is 20.4. The zero-order valence-electron chi connectivity index (χ0n) is 14.7. The molecule has 0 bridgehead atoms. The van der Waals surface area contributed by atoms with Crippen LogP contribution in [0, 0.1) is 48.5 Å². The Morgan fingerprint density at radius 2 is 1.13 bits per heavy atom. The van der Waals surface area contributed by atoms with Crippen LogP contribution >= 0.6 is 40.0 Å². The second kappa shape index (κ2) is 7.62. The van der Waals surface area contributed by atoms with E-state index in [2.05, 4.69) is 98.4 Å². The minimum atomic E-state index is 0.628. The molecule has 5 heteroatoms. The summed E-state index contributed by atoms with van der Waals surface area (Å²) in [5, 5.41) is 2.74. The molecular formula is C18H22I2N2V. The minimum absolute atomic E-state index is 0.628. The molecule has 1 N–H and O–H groups in total. The molecule has 3 aromatic rings. The summed E-state index contributed by atoms with van der Waals surface area (Å²) in [5.74, 6) is 0. The summed E-state index contributed by atoms with van der Waals surface area (Å²) in [6.07, 6.45) is 0. The van der Waals surface area contributed by atoms with E-state index in [4.69, 9.17) is 0 Å². The van der Waals surface area contributed by atoms with Gasteiger partial charge in [-0.25, -0.2) is 0 Å². The number of nitrogens with one attached hydrogen (secondary N) is 1. The molecule has 0 atom stereocenters. The number of aryl methyl sites for hydroxylation is 5. The summed E-state index contributed by atoms with van der Waals surface area (Å²) >= 11 is 4.74. The van der Waals surface area contributed by atoms with Crippen LogP contribution in [0.5, 0.6) is 0 Å². The van der Waals surface area contributed by atoms with Crippen LogP contribution in [0.1, 0.15) is 39.2 Å². The molecule has 2 aromatic heterocycles. The van der Waals surface area contributed by atoms with Gasteiger partial charge >= 0.3 is 49.4 Å². The van der Waals surface area contributed by atoms with Crippen LogP contribution in [0.3, 0.4) is 0 Å². The maximum atomic E-state index is 4.67. The predicted octanol–water partition coefficient (Wildman–Crippen LogP) is 6.64. The zero-order chi connectivity index (χ0) is 17.5. The van der Waals surface area contributed by atoms with E-state index in [-0.39, 0.29) is 0 Å². The molecule has 2 heterocycles. The molecule has 0 fully saturated rings. The third-order valence-corrected chi connectivity index (χ3v) is 5.05. The van der Waals surface area contributed by atoms with Crippen LogP contribution < -0.4 is 0 Å². The standard InChI is InChI=1S/C18H22N2.2HI.V/c1-8-9(2)11(4)17-15(10(8)3)16-12(5)13(6)19-14(7)18(16)20-17;;;/h20H,1-7H3;2*1H;/q;;;+2/p-2. The molecule has 0 spiro atoms. The van der Waals surface area contributed by atoms with Crippen molar-refractivity contribution in [3.8, 4) is 0 Å². The van der Waals surface area contributed by atoms with Crippen molar-refractivity contribution in [2.75, 3.05) is 0 Å². The number of rotatable bonds is 0. The molecule has 0 saturated heterocycles. The molecule has 2 nitrogen and oxygen atoms in total. The Morgan fingerprint density at radius 1 is 0.652 bits per heavy atom. The average Bonchev–Trinajstić information content (AvgIpc) is 2.90. The third-order valence-electron chi connectivity index (χ3n) is 5.05. The molecule has 1 aromatic carbocycles. The van der Waals surface area contributed by atoms with Gasteiger partial charge in [-0.1, -0.05) is 0 Å². The van der Waals surface area contributed by atoms with Crippen LogP contribution in [0.2, 0.25) is 0 Å². The quantitative estimate of drug-likeness (QED) is 0.301. The van der Waals surface area contributed by atoms with Gasteiger partial charge in [0.2, 0.25) is 0 Å². The molecule has 23 heavy (non-hydrogen) atoms. The normalized spacial score (nSPS) is 10.8. The molecule has 0 radical (unpaired) electrons. The van der Waals surface area contributed by atoms with Gasteiger partial charge in [0.15, 0.2) is 0 Å². The van der Waals surface area contributed by atoms with Crippen LogP contribution in [-0.2, 0) is 9.47 Å². The second-order valence-corrected chi connectivity index (χ2v) is 17.9. The Hall–Kier alpha value is 0.214. The molecule has 0 aliphatic heterocycles. The fourth-order valence-corrected chi connectivity index (χ4v) is 3.31. The number of fused-ring (bicyclic) bond motifs is 3. The van der Waals surface area contributed by atoms with E-state index in [1.807, 2.05) is 0 Å². The SMILES string of the molecule is Cc1nc(C)c2[nH]c3c(C)c(C)c(C)c(C)c3c2c1C.[I][V][I]. The maximum absolute atomic E-state index is 4.67. The van der Waals surface area contributed by atoms with Crippen molar-refractivity contribution >= 4 is 61.8 Å². The van der Waals surface area contributed by atoms with Crippen molar-refractivity contribution in [1.29, 1.82) is 0 Å². The average molecular weight is 571 g/mol. The topological polar surface area (TPSA) is 28.7 Å². The molecule has 0 aliphatic carbocycles. The molecular weight excluding hydrogens is 549 g/mol. The fraction of sp³-hybridized carbons (Fsp3) is 0.389. The fourth-order valence-electron chi connectivity index (χ4n) is 3.31. The Bertz CT molecular complexity index is 898. The number of hydrogen-bond donors (Lipinski definition) is 1. The van der Waals surface area contributed by atoms with E-state index in [9.17, 15) is 0 Å². The Labute approximate surface area is 167 Å². The number of halogens is 2. The summed E-state index contributed by atoms with van der Waals surface area (Å²) in [6.45, 7) is 15.3. The number of H-pyrrole nitrogens is 1. The predicted molar refractivity (Wildman–Crippen MR) is 115 cm³/mol. The van der Waals surface area contributed by atoms with Crippen molar-refractivity contribution in [3.05, 3.63) is 39.2 Å². The summed E-state index contributed by atoms with van der Waals surface area (Å²) in [7, 11) is 0.628.